The molecule has 1 aromatic rings. The molecule has 0 spiro atoms. The van der Waals surface area contributed by atoms with E-state index >= 15 is 0 Å². The van der Waals surface area contributed by atoms with Gasteiger partial charge < -0.3 is 5.32 Å². The maximum absolute atomic E-state index is 3.62. The highest BCUT2D eigenvalue weighted by atomic mass is 32.1. The average molecular weight is 292 g/mol. The van der Waals surface area contributed by atoms with Crippen LogP contribution in [0.1, 0.15) is 44.1 Å². The van der Waals surface area contributed by atoms with Crippen molar-refractivity contribution in [3.8, 4) is 0 Å². The molecule has 2 heterocycles. The Morgan fingerprint density at radius 3 is 2.85 bits per heavy atom. The maximum atomic E-state index is 3.62. The molecular weight excluding hydrogens is 264 g/mol. The molecule has 1 saturated carbocycles. The summed E-state index contributed by atoms with van der Waals surface area (Å²) >= 11 is 1.80. The van der Waals surface area contributed by atoms with Gasteiger partial charge >= 0.3 is 0 Å². The van der Waals surface area contributed by atoms with Crippen molar-refractivity contribution < 1.29 is 0 Å². The Bertz CT molecular complexity index is 370. The zero-order valence-electron chi connectivity index (χ0n) is 12.5. The minimum Gasteiger partial charge on any atom is -0.315 e. The Morgan fingerprint density at radius 2 is 2.05 bits per heavy atom. The molecule has 3 rings (SSSR count). The van der Waals surface area contributed by atoms with Gasteiger partial charge in [-0.1, -0.05) is 12.8 Å². The number of nitrogens with zero attached hydrogens (tertiary/aromatic N) is 1. The molecule has 1 aliphatic carbocycles. The van der Waals surface area contributed by atoms with Gasteiger partial charge in [0.25, 0.3) is 0 Å². The van der Waals surface area contributed by atoms with Gasteiger partial charge in [-0.3, -0.25) is 4.90 Å². The smallest absolute Gasteiger partial charge is 0.0124 e. The molecule has 2 aliphatic rings. The van der Waals surface area contributed by atoms with Crippen molar-refractivity contribution in [1.82, 2.24) is 10.2 Å². The van der Waals surface area contributed by atoms with E-state index in [4.69, 9.17) is 0 Å². The van der Waals surface area contributed by atoms with E-state index in [1.807, 2.05) is 0 Å². The second-order valence-corrected chi connectivity index (χ2v) is 7.20. The molecule has 1 saturated heterocycles. The van der Waals surface area contributed by atoms with E-state index in [0.717, 1.165) is 25.0 Å². The lowest BCUT2D eigenvalue weighted by Gasteiger charge is -2.29. The van der Waals surface area contributed by atoms with Crippen molar-refractivity contribution in [3.05, 3.63) is 22.4 Å². The highest BCUT2D eigenvalue weighted by molar-refractivity contribution is 7.07. The molecule has 112 valence electrons. The summed E-state index contributed by atoms with van der Waals surface area (Å²) in [6, 6.07) is 3.15. The summed E-state index contributed by atoms with van der Waals surface area (Å²) in [6.07, 6.45) is 10.0. The molecule has 2 nitrogen and oxygen atoms in total. The van der Waals surface area contributed by atoms with E-state index in [0.29, 0.717) is 0 Å². The fourth-order valence-corrected chi connectivity index (χ4v) is 4.72. The Kier molecular flexibility index (Phi) is 5.51. The lowest BCUT2D eigenvalue weighted by Crippen LogP contribution is -2.39. The number of thiophene rings is 1. The van der Waals surface area contributed by atoms with Crippen molar-refractivity contribution in [2.75, 3.05) is 26.2 Å². The maximum Gasteiger partial charge on any atom is 0.0124 e. The van der Waals surface area contributed by atoms with E-state index in [2.05, 4.69) is 27.0 Å². The first-order chi connectivity index (χ1) is 9.93. The minimum absolute atomic E-state index is 0.913. The zero-order chi connectivity index (χ0) is 13.6. The summed E-state index contributed by atoms with van der Waals surface area (Å²) in [5.41, 5.74) is 1.48. The Balaban J connectivity index is 1.33. The van der Waals surface area contributed by atoms with Gasteiger partial charge in [-0.15, -0.1) is 0 Å². The summed E-state index contributed by atoms with van der Waals surface area (Å²) in [7, 11) is 0. The largest absolute Gasteiger partial charge is 0.315 e. The van der Waals surface area contributed by atoms with Crippen LogP contribution in [0.25, 0.3) is 0 Å². The number of nitrogens with one attached hydrogen (secondary N) is 1. The van der Waals surface area contributed by atoms with Crippen LogP contribution in [-0.4, -0.2) is 37.1 Å². The molecule has 1 aliphatic heterocycles. The Hall–Kier alpha value is -0.380. The second kappa shape index (κ2) is 7.58. The molecule has 0 amide bonds. The van der Waals surface area contributed by atoms with Crippen molar-refractivity contribution >= 4 is 11.3 Å². The zero-order valence-corrected chi connectivity index (χ0v) is 13.3. The lowest BCUT2D eigenvalue weighted by molar-refractivity contribution is 0.191. The van der Waals surface area contributed by atoms with Gasteiger partial charge in [-0.25, -0.2) is 0 Å². The highest BCUT2D eigenvalue weighted by Crippen LogP contribution is 2.35. The Labute approximate surface area is 127 Å². The molecule has 1 atom stereocenters. The number of hydrogen-bond donors (Lipinski definition) is 1. The molecule has 0 bridgehead atoms. The molecule has 2 fully saturated rings. The monoisotopic (exact) mass is 292 g/mol. The summed E-state index contributed by atoms with van der Waals surface area (Å²) < 4.78 is 0. The van der Waals surface area contributed by atoms with E-state index in [-0.39, 0.29) is 0 Å². The normalized spacial score (nSPS) is 24.7. The molecule has 20 heavy (non-hydrogen) atoms. The highest BCUT2D eigenvalue weighted by Gasteiger charge is 2.32. The van der Waals surface area contributed by atoms with Gasteiger partial charge in [0, 0.05) is 19.1 Å². The average Bonchev–Trinajstić information content (AvgIpc) is 3.20. The van der Waals surface area contributed by atoms with E-state index in [1.165, 1.54) is 63.6 Å². The summed E-state index contributed by atoms with van der Waals surface area (Å²) in [5, 5.41) is 8.06. The number of hydrogen-bond acceptors (Lipinski definition) is 3. The van der Waals surface area contributed by atoms with Crippen molar-refractivity contribution in [3.63, 3.8) is 0 Å². The van der Waals surface area contributed by atoms with Crippen LogP contribution in [0, 0.1) is 5.92 Å². The van der Waals surface area contributed by atoms with Gasteiger partial charge in [0.1, 0.15) is 0 Å². The van der Waals surface area contributed by atoms with E-state index < -0.39 is 0 Å². The molecule has 1 N–H and O–H groups in total. The predicted molar refractivity (Wildman–Crippen MR) is 87.4 cm³/mol. The van der Waals surface area contributed by atoms with Crippen LogP contribution in [0.2, 0.25) is 0 Å². The van der Waals surface area contributed by atoms with Gasteiger partial charge in [-0.2, -0.15) is 11.3 Å². The quantitative estimate of drug-likeness (QED) is 0.773. The van der Waals surface area contributed by atoms with Crippen LogP contribution in [0.5, 0.6) is 0 Å². The number of rotatable bonds is 7. The van der Waals surface area contributed by atoms with E-state index in [9.17, 15) is 0 Å². The fraction of sp³-hybridized carbons (Fsp3) is 0.765. The lowest BCUT2D eigenvalue weighted by atomic mass is 9.96. The summed E-state index contributed by atoms with van der Waals surface area (Å²) in [5.74, 6) is 1.02. The first-order valence-corrected chi connectivity index (χ1v) is 9.33. The molecule has 1 aromatic heterocycles. The Morgan fingerprint density at radius 1 is 1.15 bits per heavy atom. The van der Waals surface area contributed by atoms with Gasteiger partial charge in [-0.05, 0) is 73.5 Å². The third kappa shape index (κ3) is 3.84. The van der Waals surface area contributed by atoms with Gasteiger partial charge in [0.2, 0.25) is 0 Å². The molecule has 1 unspecified atom stereocenters. The molecule has 3 heteroatoms. The SMILES string of the molecule is c1cc(CCNCCN2CCCC2C2CCCC2)cs1. The van der Waals surface area contributed by atoms with Gasteiger partial charge in [0.15, 0.2) is 0 Å². The van der Waals surface area contributed by atoms with Crippen LogP contribution in [0.3, 0.4) is 0 Å². The first kappa shape index (κ1) is 14.6. The number of likely N-dealkylation sites (tertiary alicyclic amines) is 1. The van der Waals surface area contributed by atoms with E-state index in [1.54, 1.807) is 11.3 Å². The standard InChI is InChI=1S/C17H28N2S/c1-2-5-16(4-1)17-6-3-11-19(17)12-10-18-9-7-15-8-13-20-14-15/h8,13-14,16-18H,1-7,9-12H2. The van der Waals surface area contributed by atoms with Crippen molar-refractivity contribution in [1.29, 1.82) is 0 Å². The topological polar surface area (TPSA) is 15.3 Å². The van der Waals surface area contributed by atoms with Crippen LogP contribution in [0.15, 0.2) is 16.8 Å². The first-order valence-electron chi connectivity index (χ1n) is 8.39. The summed E-state index contributed by atoms with van der Waals surface area (Å²) in [4.78, 5) is 2.77. The van der Waals surface area contributed by atoms with Crippen LogP contribution in [-0.2, 0) is 6.42 Å². The van der Waals surface area contributed by atoms with Crippen LogP contribution in [0.4, 0.5) is 0 Å². The van der Waals surface area contributed by atoms with Crippen LogP contribution < -0.4 is 5.32 Å². The second-order valence-electron chi connectivity index (χ2n) is 6.42. The predicted octanol–water partition coefficient (Wildman–Crippen LogP) is 3.53. The molecule has 0 aromatic carbocycles. The fourth-order valence-electron chi connectivity index (χ4n) is 4.02. The van der Waals surface area contributed by atoms with Gasteiger partial charge in [0.05, 0.1) is 0 Å². The van der Waals surface area contributed by atoms with Crippen molar-refractivity contribution in [2.24, 2.45) is 5.92 Å². The summed E-state index contributed by atoms with van der Waals surface area (Å²) in [6.45, 7) is 4.88. The molecular formula is C17H28N2S. The third-order valence-electron chi connectivity index (χ3n) is 5.10. The van der Waals surface area contributed by atoms with Crippen molar-refractivity contribution in [2.45, 2.75) is 51.0 Å². The minimum atomic E-state index is 0.913. The van der Waals surface area contributed by atoms with Crippen LogP contribution >= 0.6 is 11.3 Å². The third-order valence-corrected chi connectivity index (χ3v) is 5.84. The molecule has 0 radical (unpaired) electrons.